The lowest BCUT2D eigenvalue weighted by atomic mass is 9.86. The van der Waals surface area contributed by atoms with E-state index in [9.17, 15) is 4.79 Å². The number of nitrogens with two attached hydrogens (primary N) is 1. The molecule has 27 heavy (non-hydrogen) atoms. The maximum atomic E-state index is 12.6. The number of cyclic esters (lactones) is 1. The molecule has 0 saturated carbocycles. The van der Waals surface area contributed by atoms with Gasteiger partial charge in [-0.05, 0) is 37.1 Å². The van der Waals surface area contributed by atoms with Gasteiger partial charge < -0.3 is 10.5 Å². The largest absolute Gasteiger partial charge is 0.443 e. The summed E-state index contributed by atoms with van der Waals surface area (Å²) in [7, 11) is 0. The van der Waals surface area contributed by atoms with E-state index in [1.807, 2.05) is 68.4 Å². The number of nitrogens with zero attached hydrogens (tertiary/aromatic N) is 3. The van der Waals surface area contributed by atoms with Gasteiger partial charge in [-0.25, -0.2) is 14.8 Å². The summed E-state index contributed by atoms with van der Waals surface area (Å²) in [6, 6.07) is 17.6. The molecule has 4 rings (SSSR count). The highest BCUT2D eigenvalue weighted by Crippen LogP contribution is 2.42. The fourth-order valence-electron chi connectivity index (χ4n) is 3.49. The standard InChI is InChI=1S/C21H20N4O2/c1-14-21(2,17-6-4-3-5-7-17)25(20(26)27-14)18-10-8-15(9-11-18)16-12-23-19(22)24-13-16/h3-14H,1-2H3,(H2,22,23,24). The number of nitrogen functional groups attached to an aromatic ring is 1. The number of hydrogen-bond acceptors (Lipinski definition) is 5. The molecule has 1 aliphatic heterocycles. The Kier molecular flexibility index (Phi) is 4.03. The molecule has 0 bridgehead atoms. The first-order chi connectivity index (χ1) is 13.0. The molecule has 1 amide bonds. The van der Waals surface area contributed by atoms with Gasteiger partial charge in [-0.1, -0.05) is 42.5 Å². The van der Waals surface area contributed by atoms with Crippen molar-refractivity contribution in [2.24, 2.45) is 0 Å². The van der Waals surface area contributed by atoms with Crippen LogP contribution in [0.5, 0.6) is 0 Å². The van der Waals surface area contributed by atoms with E-state index < -0.39 is 5.54 Å². The molecular formula is C21H20N4O2. The maximum Gasteiger partial charge on any atom is 0.415 e. The highest BCUT2D eigenvalue weighted by molar-refractivity contribution is 5.92. The van der Waals surface area contributed by atoms with Gasteiger partial charge in [0.1, 0.15) is 11.6 Å². The highest BCUT2D eigenvalue weighted by atomic mass is 16.6. The van der Waals surface area contributed by atoms with E-state index in [0.717, 1.165) is 22.4 Å². The topological polar surface area (TPSA) is 81.3 Å². The monoisotopic (exact) mass is 360 g/mol. The molecule has 136 valence electrons. The van der Waals surface area contributed by atoms with Crippen molar-refractivity contribution in [1.82, 2.24) is 9.97 Å². The number of anilines is 2. The molecule has 2 aromatic carbocycles. The molecule has 2 heterocycles. The summed E-state index contributed by atoms with van der Waals surface area (Å²) in [5.74, 6) is 0.239. The van der Waals surface area contributed by atoms with E-state index in [-0.39, 0.29) is 18.1 Å². The zero-order chi connectivity index (χ0) is 19.0. The van der Waals surface area contributed by atoms with E-state index in [1.54, 1.807) is 17.3 Å². The number of amides is 1. The third kappa shape index (κ3) is 2.79. The normalized spacial score (nSPS) is 21.9. The number of carbonyl (C=O) groups excluding carboxylic acids is 1. The van der Waals surface area contributed by atoms with Gasteiger partial charge in [0.25, 0.3) is 0 Å². The molecule has 3 aromatic rings. The summed E-state index contributed by atoms with van der Waals surface area (Å²) < 4.78 is 5.58. The van der Waals surface area contributed by atoms with Gasteiger partial charge >= 0.3 is 6.09 Å². The molecule has 2 N–H and O–H groups in total. The van der Waals surface area contributed by atoms with Crippen LogP contribution >= 0.6 is 0 Å². The Morgan fingerprint density at radius 1 is 1.00 bits per heavy atom. The first-order valence-electron chi connectivity index (χ1n) is 8.74. The van der Waals surface area contributed by atoms with Crippen molar-refractivity contribution in [3.63, 3.8) is 0 Å². The van der Waals surface area contributed by atoms with Crippen LogP contribution in [0.25, 0.3) is 11.1 Å². The third-order valence-corrected chi connectivity index (χ3v) is 5.21. The van der Waals surface area contributed by atoms with E-state index in [1.165, 1.54) is 0 Å². The van der Waals surface area contributed by atoms with E-state index in [4.69, 9.17) is 10.5 Å². The fourth-order valence-corrected chi connectivity index (χ4v) is 3.49. The van der Waals surface area contributed by atoms with Gasteiger partial charge in [0, 0.05) is 23.6 Å². The number of carbonyl (C=O) groups is 1. The van der Waals surface area contributed by atoms with Gasteiger partial charge in [0.2, 0.25) is 5.95 Å². The third-order valence-electron chi connectivity index (χ3n) is 5.21. The Labute approximate surface area is 157 Å². The van der Waals surface area contributed by atoms with Crippen LogP contribution in [-0.2, 0) is 10.3 Å². The molecule has 6 nitrogen and oxygen atoms in total. The molecule has 1 aliphatic rings. The van der Waals surface area contributed by atoms with Crippen LogP contribution in [0.4, 0.5) is 16.4 Å². The van der Waals surface area contributed by atoms with Crippen LogP contribution in [0.15, 0.2) is 67.0 Å². The van der Waals surface area contributed by atoms with Crippen molar-refractivity contribution in [2.75, 3.05) is 10.6 Å². The van der Waals surface area contributed by atoms with Crippen molar-refractivity contribution >= 4 is 17.7 Å². The van der Waals surface area contributed by atoms with Crippen molar-refractivity contribution in [1.29, 1.82) is 0 Å². The van der Waals surface area contributed by atoms with Crippen LogP contribution in [-0.4, -0.2) is 22.2 Å². The quantitative estimate of drug-likeness (QED) is 0.764. The predicted molar refractivity (Wildman–Crippen MR) is 104 cm³/mol. The van der Waals surface area contributed by atoms with Crippen LogP contribution < -0.4 is 10.6 Å². The lowest BCUT2D eigenvalue weighted by Gasteiger charge is -2.35. The Morgan fingerprint density at radius 3 is 2.26 bits per heavy atom. The molecule has 0 spiro atoms. The Hall–Kier alpha value is -3.41. The molecule has 2 unspecified atom stereocenters. The Balaban J connectivity index is 1.72. The van der Waals surface area contributed by atoms with E-state index in [0.29, 0.717) is 0 Å². The van der Waals surface area contributed by atoms with Crippen LogP contribution in [0.2, 0.25) is 0 Å². The number of aromatic nitrogens is 2. The first kappa shape index (κ1) is 17.0. The molecular weight excluding hydrogens is 340 g/mol. The fraction of sp³-hybridized carbons (Fsp3) is 0.190. The highest BCUT2D eigenvalue weighted by Gasteiger charge is 2.51. The maximum absolute atomic E-state index is 12.6. The Morgan fingerprint density at radius 2 is 1.63 bits per heavy atom. The van der Waals surface area contributed by atoms with Crippen LogP contribution in [0.3, 0.4) is 0 Å². The summed E-state index contributed by atoms with van der Waals surface area (Å²) in [5.41, 5.74) is 8.56. The molecule has 0 radical (unpaired) electrons. The summed E-state index contributed by atoms with van der Waals surface area (Å²) in [6.45, 7) is 3.95. The van der Waals surface area contributed by atoms with Gasteiger partial charge in [-0.3, -0.25) is 4.90 Å². The predicted octanol–water partition coefficient (Wildman–Crippen LogP) is 3.99. The average molecular weight is 360 g/mol. The lowest BCUT2D eigenvalue weighted by Crippen LogP contribution is -2.45. The molecule has 2 atom stereocenters. The van der Waals surface area contributed by atoms with Crippen LogP contribution in [0, 0.1) is 0 Å². The molecule has 1 saturated heterocycles. The number of benzene rings is 2. The minimum atomic E-state index is -0.593. The SMILES string of the molecule is CC1OC(=O)N(c2ccc(-c3cnc(N)nc3)cc2)C1(C)c1ccccc1. The minimum Gasteiger partial charge on any atom is -0.443 e. The minimum absolute atomic E-state index is 0.239. The van der Waals surface area contributed by atoms with Gasteiger partial charge in [0.05, 0.1) is 0 Å². The molecule has 0 aliphatic carbocycles. The Bertz CT molecular complexity index is 958. The zero-order valence-electron chi connectivity index (χ0n) is 15.2. The number of ether oxygens (including phenoxy) is 1. The van der Waals surface area contributed by atoms with Crippen molar-refractivity contribution < 1.29 is 9.53 Å². The van der Waals surface area contributed by atoms with E-state index >= 15 is 0 Å². The molecule has 6 heteroatoms. The summed E-state index contributed by atoms with van der Waals surface area (Å²) in [4.78, 5) is 22.4. The van der Waals surface area contributed by atoms with Gasteiger partial charge in [-0.2, -0.15) is 0 Å². The lowest BCUT2D eigenvalue weighted by molar-refractivity contribution is 0.125. The average Bonchev–Trinajstić information content (AvgIpc) is 2.93. The zero-order valence-corrected chi connectivity index (χ0v) is 15.2. The van der Waals surface area contributed by atoms with Gasteiger partial charge in [0.15, 0.2) is 0 Å². The number of rotatable bonds is 3. The van der Waals surface area contributed by atoms with Crippen molar-refractivity contribution in [3.8, 4) is 11.1 Å². The smallest absolute Gasteiger partial charge is 0.415 e. The second-order valence-electron chi connectivity index (χ2n) is 6.75. The van der Waals surface area contributed by atoms with Crippen LogP contribution in [0.1, 0.15) is 19.4 Å². The molecule has 1 fully saturated rings. The first-order valence-corrected chi connectivity index (χ1v) is 8.74. The molecule has 1 aromatic heterocycles. The second kappa shape index (κ2) is 6.39. The summed E-state index contributed by atoms with van der Waals surface area (Å²) in [5, 5.41) is 0. The summed E-state index contributed by atoms with van der Waals surface area (Å²) in [6.07, 6.45) is 2.73. The summed E-state index contributed by atoms with van der Waals surface area (Å²) >= 11 is 0. The second-order valence-corrected chi connectivity index (χ2v) is 6.75. The number of hydrogen-bond donors (Lipinski definition) is 1. The van der Waals surface area contributed by atoms with Crippen molar-refractivity contribution in [3.05, 3.63) is 72.6 Å². The van der Waals surface area contributed by atoms with E-state index in [2.05, 4.69) is 9.97 Å². The van der Waals surface area contributed by atoms with Gasteiger partial charge in [-0.15, -0.1) is 0 Å². The van der Waals surface area contributed by atoms with Crippen molar-refractivity contribution in [2.45, 2.75) is 25.5 Å².